The lowest BCUT2D eigenvalue weighted by molar-refractivity contribution is 0.0944. The van der Waals surface area contributed by atoms with E-state index >= 15 is 0 Å². The topological polar surface area (TPSA) is 50.8 Å². The lowest BCUT2D eigenvalue weighted by Crippen LogP contribution is -2.40. The summed E-state index contributed by atoms with van der Waals surface area (Å²) in [6, 6.07) is 5.24. The molecule has 2 rings (SSSR count). The molecule has 1 aliphatic rings. The first kappa shape index (κ1) is 18.6. The number of nitrogens with zero attached hydrogens (tertiary/aromatic N) is 1. The zero-order chi connectivity index (χ0) is 17.5. The van der Waals surface area contributed by atoms with Crippen LogP contribution in [0.25, 0.3) is 0 Å². The maximum absolute atomic E-state index is 12.3. The van der Waals surface area contributed by atoms with Crippen LogP contribution in [0.2, 0.25) is 0 Å². The molecule has 1 N–H and O–H groups in total. The van der Waals surface area contributed by atoms with Gasteiger partial charge in [-0.3, -0.25) is 4.79 Å². The fourth-order valence-electron chi connectivity index (χ4n) is 3.56. The van der Waals surface area contributed by atoms with E-state index in [0.29, 0.717) is 23.6 Å². The van der Waals surface area contributed by atoms with Gasteiger partial charge in [-0.1, -0.05) is 13.8 Å². The molecule has 0 aliphatic carbocycles. The lowest BCUT2D eigenvalue weighted by atomic mass is 9.92. The van der Waals surface area contributed by atoms with Gasteiger partial charge in [-0.25, -0.2) is 0 Å². The number of hydrogen-bond donors (Lipinski definition) is 1. The van der Waals surface area contributed by atoms with Gasteiger partial charge in [-0.2, -0.15) is 0 Å². The quantitative estimate of drug-likeness (QED) is 0.779. The van der Waals surface area contributed by atoms with Gasteiger partial charge in [0, 0.05) is 25.7 Å². The van der Waals surface area contributed by atoms with Crippen molar-refractivity contribution in [2.24, 2.45) is 11.8 Å². The second-order valence-electron chi connectivity index (χ2n) is 6.88. The molecule has 0 aromatic heterocycles. The molecule has 1 aliphatic heterocycles. The summed E-state index contributed by atoms with van der Waals surface area (Å²) in [6.45, 7) is 8.69. The molecule has 24 heavy (non-hydrogen) atoms. The van der Waals surface area contributed by atoms with Crippen LogP contribution in [0.1, 0.15) is 37.0 Å². The number of piperidine rings is 1. The van der Waals surface area contributed by atoms with E-state index < -0.39 is 0 Å². The number of ether oxygens (including phenoxy) is 2. The minimum absolute atomic E-state index is 0.102. The molecule has 0 radical (unpaired) electrons. The van der Waals surface area contributed by atoms with E-state index in [1.165, 1.54) is 19.5 Å². The van der Waals surface area contributed by atoms with Gasteiger partial charge >= 0.3 is 0 Å². The molecule has 0 saturated carbocycles. The summed E-state index contributed by atoms with van der Waals surface area (Å²) >= 11 is 0. The zero-order valence-electron chi connectivity index (χ0n) is 15.3. The summed E-state index contributed by atoms with van der Waals surface area (Å²) in [4.78, 5) is 14.8. The summed E-state index contributed by atoms with van der Waals surface area (Å²) in [7, 11) is 3.15. The van der Waals surface area contributed by atoms with Crippen LogP contribution in [-0.2, 0) is 0 Å². The maximum atomic E-state index is 12.3. The van der Waals surface area contributed by atoms with E-state index in [0.717, 1.165) is 24.8 Å². The van der Waals surface area contributed by atoms with Crippen molar-refractivity contribution in [3.63, 3.8) is 0 Å². The molecule has 5 heteroatoms. The molecule has 1 saturated heterocycles. The molecule has 0 bridgehead atoms. The number of amides is 1. The monoisotopic (exact) mass is 334 g/mol. The minimum Gasteiger partial charge on any atom is -0.497 e. The average Bonchev–Trinajstić information content (AvgIpc) is 2.57. The Bertz CT molecular complexity index is 537. The Morgan fingerprint density at radius 1 is 1.21 bits per heavy atom. The van der Waals surface area contributed by atoms with Crippen molar-refractivity contribution < 1.29 is 14.3 Å². The second-order valence-corrected chi connectivity index (χ2v) is 6.88. The van der Waals surface area contributed by atoms with Crippen molar-refractivity contribution >= 4 is 5.91 Å². The number of carbonyl (C=O) groups excluding carboxylic acids is 1. The highest BCUT2D eigenvalue weighted by Gasteiger charge is 2.21. The Balaban J connectivity index is 1.79. The molecule has 2 atom stereocenters. The van der Waals surface area contributed by atoms with Crippen molar-refractivity contribution in [1.82, 2.24) is 10.2 Å². The van der Waals surface area contributed by atoms with E-state index in [4.69, 9.17) is 9.47 Å². The van der Waals surface area contributed by atoms with E-state index in [1.807, 2.05) is 0 Å². The third-order valence-electron chi connectivity index (χ3n) is 4.53. The van der Waals surface area contributed by atoms with Gasteiger partial charge in [0.2, 0.25) is 0 Å². The molecule has 1 aromatic rings. The second kappa shape index (κ2) is 8.92. The molecule has 134 valence electrons. The van der Waals surface area contributed by atoms with Gasteiger partial charge in [0.15, 0.2) is 0 Å². The Kier molecular flexibility index (Phi) is 6.91. The van der Waals surface area contributed by atoms with Crippen LogP contribution >= 0.6 is 0 Å². The zero-order valence-corrected chi connectivity index (χ0v) is 15.3. The molecular formula is C19H30N2O3. The molecule has 5 nitrogen and oxygen atoms in total. The summed E-state index contributed by atoms with van der Waals surface area (Å²) in [5.41, 5.74) is 0.540. The molecule has 0 unspecified atom stereocenters. The van der Waals surface area contributed by atoms with Crippen molar-refractivity contribution in [3.05, 3.63) is 23.8 Å². The Hall–Kier alpha value is -1.75. The predicted molar refractivity (Wildman–Crippen MR) is 95.9 cm³/mol. The highest BCUT2D eigenvalue weighted by molar-refractivity contribution is 5.97. The minimum atomic E-state index is -0.102. The van der Waals surface area contributed by atoms with Gasteiger partial charge in [0.05, 0.1) is 19.8 Å². The van der Waals surface area contributed by atoms with E-state index in [1.54, 1.807) is 32.4 Å². The van der Waals surface area contributed by atoms with Gasteiger partial charge in [0.1, 0.15) is 11.5 Å². The summed E-state index contributed by atoms with van der Waals surface area (Å²) in [5.74, 6) is 2.65. The standard InChI is InChI=1S/C19H30N2O3/c1-14-10-15(2)13-21(12-14)9-5-8-20-19(22)17-7-6-16(23-3)11-18(17)24-4/h6-7,11,14-15H,5,8-10,12-13H2,1-4H3,(H,20,22)/t14-,15+. The number of hydrogen-bond acceptors (Lipinski definition) is 4. The van der Waals surface area contributed by atoms with Crippen molar-refractivity contribution in [2.45, 2.75) is 26.7 Å². The number of methoxy groups -OCH3 is 2. The first-order chi connectivity index (χ1) is 11.5. The first-order valence-corrected chi connectivity index (χ1v) is 8.76. The smallest absolute Gasteiger partial charge is 0.255 e. The summed E-state index contributed by atoms with van der Waals surface area (Å²) in [6.07, 6.45) is 2.29. The first-order valence-electron chi connectivity index (χ1n) is 8.76. The van der Waals surface area contributed by atoms with Crippen LogP contribution in [0.4, 0.5) is 0 Å². The third-order valence-corrected chi connectivity index (χ3v) is 4.53. The maximum Gasteiger partial charge on any atom is 0.255 e. The number of likely N-dealkylation sites (tertiary alicyclic amines) is 1. The fraction of sp³-hybridized carbons (Fsp3) is 0.632. The highest BCUT2D eigenvalue weighted by atomic mass is 16.5. The van der Waals surface area contributed by atoms with E-state index in [-0.39, 0.29) is 5.91 Å². The lowest BCUT2D eigenvalue weighted by Gasteiger charge is -2.34. The summed E-state index contributed by atoms with van der Waals surface area (Å²) < 4.78 is 10.4. The largest absolute Gasteiger partial charge is 0.497 e. The van der Waals surface area contributed by atoms with Crippen molar-refractivity contribution in [1.29, 1.82) is 0 Å². The number of carbonyl (C=O) groups is 1. The Labute approximate surface area is 145 Å². The molecule has 1 fully saturated rings. The Morgan fingerprint density at radius 2 is 1.92 bits per heavy atom. The average molecular weight is 334 g/mol. The molecular weight excluding hydrogens is 304 g/mol. The third kappa shape index (κ3) is 5.13. The predicted octanol–water partition coefficient (Wildman–Crippen LogP) is 2.80. The van der Waals surface area contributed by atoms with Crippen LogP contribution in [0, 0.1) is 11.8 Å². The van der Waals surface area contributed by atoms with E-state index in [2.05, 4.69) is 24.1 Å². The Morgan fingerprint density at radius 3 is 2.54 bits per heavy atom. The SMILES string of the molecule is COc1ccc(C(=O)NCCCN2C[C@H](C)C[C@H](C)C2)c(OC)c1. The number of rotatable bonds is 7. The van der Waals surface area contributed by atoms with Crippen LogP contribution in [0.3, 0.4) is 0 Å². The van der Waals surface area contributed by atoms with Crippen LogP contribution < -0.4 is 14.8 Å². The van der Waals surface area contributed by atoms with Crippen LogP contribution in [0.15, 0.2) is 18.2 Å². The number of benzene rings is 1. The number of nitrogens with one attached hydrogen (secondary N) is 1. The van der Waals surface area contributed by atoms with Crippen molar-refractivity contribution in [2.75, 3.05) is 40.4 Å². The highest BCUT2D eigenvalue weighted by Crippen LogP contribution is 2.24. The van der Waals surface area contributed by atoms with Gasteiger partial charge in [-0.05, 0) is 43.4 Å². The molecule has 0 spiro atoms. The molecule has 1 aromatic carbocycles. The van der Waals surface area contributed by atoms with Crippen LogP contribution in [0.5, 0.6) is 11.5 Å². The van der Waals surface area contributed by atoms with Gasteiger partial charge in [-0.15, -0.1) is 0 Å². The molecule has 1 amide bonds. The van der Waals surface area contributed by atoms with Crippen LogP contribution in [-0.4, -0.2) is 51.2 Å². The van der Waals surface area contributed by atoms with E-state index in [9.17, 15) is 4.79 Å². The summed E-state index contributed by atoms with van der Waals surface area (Å²) in [5, 5.41) is 2.99. The fourth-order valence-corrected chi connectivity index (χ4v) is 3.56. The van der Waals surface area contributed by atoms with Gasteiger partial charge < -0.3 is 19.7 Å². The molecule has 1 heterocycles. The van der Waals surface area contributed by atoms with Gasteiger partial charge in [0.25, 0.3) is 5.91 Å². The normalized spacial score (nSPS) is 21.3. The van der Waals surface area contributed by atoms with Crippen molar-refractivity contribution in [3.8, 4) is 11.5 Å².